The molecule has 1 aliphatic rings. The number of pyridine rings is 1. The molecule has 1 saturated heterocycles. The van der Waals surface area contributed by atoms with Crippen LogP contribution < -0.4 is 10.1 Å². The Morgan fingerprint density at radius 3 is 3.04 bits per heavy atom. The zero-order valence-corrected chi connectivity index (χ0v) is 14.7. The fraction of sp³-hybridized carbons (Fsp3) is 0.500. The Hall–Kier alpha value is -2.14. The van der Waals surface area contributed by atoms with Crippen LogP contribution in [0.2, 0.25) is 0 Å². The van der Waals surface area contributed by atoms with Gasteiger partial charge in [0.2, 0.25) is 0 Å². The fourth-order valence-electron chi connectivity index (χ4n) is 3.90. The molecule has 2 N–H and O–H groups in total. The first kappa shape index (κ1) is 17.7. The average Bonchev–Trinajstić information content (AvgIpc) is 2.62. The number of hydrogen-bond acceptors (Lipinski definition) is 4. The summed E-state index contributed by atoms with van der Waals surface area (Å²) in [6, 6.07) is 8.06. The van der Waals surface area contributed by atoms with Crippen molar-refractivity contribution in [1.29, 1.82) is 0 Å². The van der Waals surface area contributed by atoms with Crippen molar-refractivity contribution in [3.05, 3.63) is 36.0 Å². The number of piperidine rings is 1. The molecule has 5 nitrogen and oxygen atoms in total. The maximum absolute atomic E-state index is 11.1. The van der Waals surface area contributed by atoms with Crippen LogP contribution in [0.5, 0.6) is 5.75 Å². The first-order chi connectivity index (χ1) is 12.2. The van der Waals surface area contributed by atoms with Gasteiger partial charge in [-0.05, 0) is 80.4 Å². The van der Waals surface area contributed by atoms with E-state index in [0.717, 1.165) is 55.4 Å². The van der Waals surface area contributed by atoms with E-state index in [2.05, 4.69) is 22.4 Å². The quantitative estimate of drug-likeness (QED) is 0.808. The van der Waals surface area contributed by atoms with E-state index in [1.54, 1.807) is 7.11 Å². The number of aryl methyl sites for hydroxylation is 1. The van der Waals surface area contributed by atoms with Crippen LogP contribution in [0.3, 0.4) is 0 Å². The van der Waals surface area contributed by atoms with E-state index in [0.29, 0.717) is 5.92 Å². The third kappa shape index (κ3) is 4.48. The van der Waals surface area contributed by atoms with Crippen molar-refractivity contribution < 1.29 is 14.6 Å². The molecule has 25 heavy (non-hydrogen) atoms. The van der Waals surface area contributed by atoms with E-state index in [-0.39, 0.29) is 12.3 Å². The number of rotatable bonds is 7. The highest BCUT2D eigenvalue weighted by Crippen LogP contribution is 2.29. The van der Waals surface area contributed by atoms with Gasteiger partial charge >= 0.3 is 5.97 Å². The van der Waals surface area contributed by atoms with Gasteiger partial charge in [-0.1, -0.05) is 0 Å². The normalized spacial score (nSPS) is 20.5. The van der Waals surface area contributed by atoms with Gasteiger partial charge in [0.05, 0.1) is 12.6 Å². The van der Waals surface area contributed by atoms with Crippen LogP contribution >= 0.6 is 0 Å². The minimum absolute atomic E-state index is 0.250. The summed E-state index contributed by atoms with van der Waals surface area (Å²) in [5.74, 6) is 0.910. The molecule has 1 aromatic carbocycles. The number of aromatic nitrogens is 1. The van der Waals surface area contributed by atoms with Gasteiger partial charge in [-0.2, -0.15) is 0 Å². The second kappa shape index (κ2) is 8.30. The molecule has 0 unspecified atom stereocenters. The maximum Gasteiger partial charge on any atom is 0.303 e. The van der Waals surface area contributed by atoms with Crippen molar-refractivity contribution in [3.63, 3.8) is 0 Å². The average molecular weight is 342 g/mol. The summed E-state index contributed by atoms with van der Waals surface area (Å²) in [6.07, 6.45) is 6.33. The lowest BCUT2D eigenvalue weighted by Gasteiger charge is -2.31. The van der Waals surface area contributed by atoms with Crippen LogP contribution in [-0.4, -0.2) is 36.3 Å². The number of carboxylic acids is 1. The van der Waals surface area contributed by atoms with E-state index in [4.69, 9.17) is 9.84 Å². The minimum Gasteiger partial charge on any atom is -0.497 e. The van der Waals surface area contributed by atoms with Crippen LogP contribution in [0.4, 0.5) is 0 Å². The lowest BCUT2D eigenvalue weighted by molar-refractivity contribution is -0.138. The summed E-state index contributed by atoms with van der Waals surface area (Å²) >= 11 is 0. The fourth-order valence-corrected chi connectivity index (χ4v) is 3.90. The molecule has 2 heterocycles. The number of nitrogens with one attached hydrogen (secondary N) is 1. The molecule has 0 radical (unpaired) electrons. The van der Waals surface area contributed by atoms with E-state index >= 15 is 0 Å². The van der Waals surface area contributed by atoms with Gasteiger partial charge in [-0.25, -0.2) is 0 Å². The molecule has 0 aliphatic carbocycles. The number of aliphatic carboxylic acids is 1. The predicted octanol–water partition coefficient (Wildman–Crippen LogP) is 3.27. The topological polar surface area (TPSA) is 71.5 Å². The van der Waals surface area contributed by atoms with E-state index in [1.807, 2.05) is 18.3 Å². The van der Waals surface area contributed by atoms with Crippen molar-refractivity contribution in [2.45, 2.75) is 32.1 Å². The lowest BCUT2D eigenvalue weighted by atomic mass is 9.80. The molecule has 134 valence electrons. The number of methoxy groups -OCH3 is 1. The van der Waals surface area contributed by atoms with Crippen molar-refractivity contribution >= 4 is 16.9 Å². The van der Waals surface area contributed by atoms with Crippen molar-refractivity contribution in [3.8, 4) is 5.75 Å². The second-order valence-corrected chi connectivity index (χ2v) is 6.86. The van der Waals surface area contributed by atoms with Gasteiger partial charge in [0.25, 0.3) is 0 Å². The zero-order valence-electron chi connectivity index (χ0n) is 14.7. The van der Waals surface area contributed by atoms with Gasteiger partial charge in [0, 0.05) is 18.0 Å². The number of hydrogen-bond donors (Lipinski definition) is 2. The number of benzene rings is 1. The summed E-state index contributed by atoms with van der Waals surface area (Å²) in [5.41, 5.74) is 2.27. The molecule has 0 bridgehead atoms. The molecule has 2 aromatic rings. The molecule has 0 amide bonds. The van der Waals surface area contributed by atoms with Crippen molar-refractivity contribution in [2.75, 3.05) is 20.2 Å². The predicted molar refractivity (Wildman–Crippen MR) is 98.0 cm³/mol. The highest BCUT2D eigenvalue weighted by atomic mass is 16.5. The standard InChI is InChI=1S/C20H26N2O3/c1-25-17-5-6-19-18(12-17)15(8-10-22-19)4-2-3-14-7-9-21-13-16(14)11-20(23)24/h5-6,8,10,12,14,16,21H,2-4,7,9,11,13H2,1H3,(H,23,24)/t14-,16+/m1/s1. The van der Waals surface area contributed by atoms with E-state index in [9.17, 15) is 4.79 Å². The summed E-state index contributed by atoms with van der Waals surface area (Å²) in [4.78, 5) is 15.5. The van der Waals surface area contributed by atoms with E-state index < -0.39 is 5.97 Å². The van der Waals surface area contributed by atoms with Crippen LogP contribution in [0.15, 0.2) is 30.5 Å². The number of carbonyl (C=O) groups is 1. The Kier molecular flexibility index (Phi) is 5.87. The van der Waals surface area contributed by atoms with Crippen LogP contribution in [0.25, 0.3) is 10.9 Å². The third-order valence-electron chi connectivity index (χ3n) is 5.26. The Morgan fingerprint density at radius 1 is 1.36 bits per heavy atom. The van der Waals surface area contributed by atoms with E-state index in [1.165, 1.54) is 5.56 Å². The molecule has 1 aliphatic heterocycles. The molecule has 0 spiro atoms. The third-order valence-corrected chi connectivity index (χ3v) is 5.26. The van der Waals surface area contributed by atoms with Gasteiger partial charge in [0.15, 0.2) is 0 Å². The molecule has 1 fully saturated rings. The molecule has 1 aromatic heterocycles. The van der Waals surface area contributed by atoms with Gasteiger partial charge in [-0.15, -0.1) is 0 Å². The zero-order chi connectivity index (χ0) is 17.6. The first-order valence-corrected chi connectivity index (χ1v) is 9.01. The summed E-state index contributed by atoms with van der Waals surface area (Å²) in [5, 5.41) is 13.6. The summed E-state index contributed by atoms with van der Waals surface area (Å²) in [6.45, 7) is 1.82. The highest BCUT2D eigenvalue weighted by molar-refractivity contribution is 5.83. The number of ether oxygens (including phenoxy) is 1. The molecule has 0 saturated carbocycles. The Labute approximate surface area is 148 Å². The van der Waals surface area contributed by atoms with Gasteiger partial charge in [0.1, 0.15) is 5.75 Å². The SMILES string of the molecule is COc1ccc2nccc(CCC[C@@H]3CCNC[C@@H]3CC(=O)O)c2c1. The highest BCUT2D eigenvalue weighted by Gasteiger charge is 2.26. The minimum atomic E-state index is -0.689. The Balaban J connectivity index is 1.65. The van der Waals surface area contributed by atoms with Gasteiger partial charge < -0.3 is 15.2 Å². The molecule has 2 atom stereocenters. The number of nitrogens with zero attached hydrogens (tertiary/aromatic N) is 1. The smallest absolute Gasteiger partial charge is 0.303 e. The van der Waals surface area contributed by atoms with Crippen LogP contribution in [0.1, 0.15) is 31.2 Å². The van der Waals surface area contributed by atoms with Crippen molar-refractivity contribution in [2.24, 2.45) is 11.8 Å². The first-order valence-electron chi connectivity index (χ1n) is 9.01. The van der Waals surface area contributed by atoms with Crippen LogP contribution in [0, 0.1) is 11.8 Å². The molecule has 3 rings (SSSR count). The van der Waals surface area contributed by atoms with Crippen LogP contribution in [-0.2, 0) is 11.2 Å². The largest absolute Gasteiger partial charge is 0.497 e. The Morgan fingerprint density at radius 2 is 2.24 bits per heavy atom. The molecular weight excluding hydrogens is 316 g/mol. The summed E-state index contributed by atoms with van der Waals surface area (Å²) < 4.78 is 5.34. The van der Waals surface area contributed by atoms with Gasteiger partial charge in [-0.3, -0.25) is 9.78 Å². The molecule has 5 heteroatoms. The Bertz CT molecular complexity index is 732. The monoisotopic (exact) mass is 342 g/mol. The lowest BCUT2D eigenvalue weighted by Crippen LogP contribution is -2.37. The maximum atomic E-state index is 11.1. The molecular formula is C20H26N2O3. The van der Waals surface area contributed by atoms with Crippen molar-refractivity contribution in [1.82, 2.24) is 10.3 Å². The summed E-state index contributed by atoms with van der Waals surface area (Å²) in [7, 11) is 1.68. The number of fused-ring (bicyclic) bond motifs is 1. The number of carboxylic acid groups (broad SMARTS) is 1. The second-order valence-electron chi connectivity index (χ2n) is 6.86.